The Morgan fingerprint density at radius 3 is 2.85 bits per heavy atom. The van der Waals surface area contributed by atoms with E-state index < -0.39 is 18.5 Å². The van der Waals surface area contributed by atoms with E-state index in [1.165, 1.54) is 12.3 Å². The fourth-order valence-electron chi connectivity index (χ4n) is 4.41. The van der Waals surface area contributed by atoms with Crippen molar-refractivity contribution < 1.29 is 22.4 Å². The molecule has 0 fully saturated rings. The average molecular weight is 464 g/mol. The van der Waals surface area contributed by atoms with Gasteiger partial charge >= 0.3 is 6.55 Å². The van der Waals surface area contributed by atoms with Crippen LogP contribution in [0.2, 0.25) is 0 Å². The van der Waals surface area contributed by atoms with Crippen molar-refractivity contribution in [2.75, 3.05) is 6.54 Å². The lowest BCUT2D eigenvalue weighted by molar-refractivity contribution is 0.0566. The number of carbonyl (C=O) groups is 1. The lowest BCUT2D eigenvalue weighted by Crippen LogP contribution is -2.40. The van der Waals surface area contributed by atoms with E-state index in [1.807, 2.05) is 31.2 Å². The minimum atomic E-state index is -2.78. The first kappa shape index (κ1) is 20.3. The van der Waals surface area contributed by atoms with Crippen LogP contribution in [0.5, 0.6) is 0 Å². The minimum Gasteiger partial charge on any atom is -0.458 e. The summed E-state index contributed by atoms with van der Waals surface area (Å²) in [7, 11) is 0. The number of nitrogens with one attached hydrogen (secondary N) is 1. The first-order valence-corrected chi connectivity index (χ1v) is 10.6. The van der Waals surface area contributed by atoms with Crippen LogP contribution in [-0.4, -0.2) is 42.1 Å². The second-order valence-electron chi connectivity index (χ2n) is 7.99. The van der Waals surface area contributed by atoms with Crippen molar-refractivity contribution in [3.8, 4) is 11.6 Å². The summed E-state index contributed by atoms with van der Waals surface area (Å²) in [6.07, 6.45) is 4.59. The Labute approximate surface area is 191 Å². The van der Waals surface area contributed by atoms with Gasteiger partial charge in [0.1, 0.15) is 23.1 Å². The van der Waals surface area contributed by atoms with Gasteiger partial charge in [-0.2, -0.15) is 13.9 Å². The van der Waals surface area contributed by atoms with Crippen LogP contribution in [0.3, 0.4) is 0 Å². The molecule has 1 aliphatic rings. The van der Waals surface area contributed by atoms with Crippen LogP contribution in [0.4, 0.5) is 8.78 Å². The normalized spacial score (nSPS) is 15.9. The van der Waals surface area contributed by atoms with Crippen LogP contribution in [0.1, 0.15) is 45.9 Å². The molecule has 5 heterocycles. The number of carbonyl (C=O) groups excluding carboxylic acids is 1. The van der Waals surface area contributed by atoms with Crippen molar-refractivity contribution >= 4 is 16.9 Å². The standard InChI is InChI=1S/C23H18F2N6O3/c1-12-13-4-2-3-5-16(13)33-20(12)19-18-14(27-11-28-18)6-8-30(19)22(32)17-10-26-21(34-17)15-7-9-31(29-15)23(24)25/h2-5,7,9-11,19,23H,6,8H2,1H3,(H,27,28)/t19-/m0/s1. The quantitative estimate of drug-likeness (QED) is 0.420. The first-order valence-electron chi connectivity index (χ1n) is 10.6. The maximum atomic E-state index is 13.6. The molecule has 6 rings (SSSR count). The van der Waals surface area contributed by atoms with E-state index in [2.05, 4.69) is 20.1 Å². The minimum absolute atomic E-state index is 0.0170. The average Bonchev–Trinajstić information content (AvgIpc) is 3.64. The van der Waals surface area contributed by atoms with Gasteiger partial charge in [-0.1, -0.05) is 18.2 Å². The number of aryl methyl sites for hydroxylation is 1. The van der Waals surface area contributed by atoms with Crippen LogP contribution >= 0.6 is 0 Å². The zero-order valence-electron chi connectivity index (χ0n) is 17.9. The van der Waals surface area contributed by atoms with Gasteiger partial charge in [-0.05, 0) is 19.1 Å². The molecule has 9 nitrogen and oxygen atoms in total. The van der Waals surface area contributed by atoms with Gasteiger partial charge in [-0.25, -0.2) is 14.6 Å². The summed E-state index contributed by atoms with van der Waals surface area (Å²) in [5, 5.41) is 4.70. The number of H-pyrrole nitrogens is 1. The summed E-state index contributed by atoms with van der Waals surface area (Å²) < 4.78 is 38.0. The molecule has 11 heteroatoms. The molecular formula is C23H18F2N6O3. The predicted molar refractivity (Wildman–Crippen MR) is 115 cm³/mol. The predicted octanol–water partition coefficient (Wildman–Crippen LogP) is 4.50. The zero-order chi connectivity index (χ0) is 23.4. The molecular weight excluding hydrogens is 446 g/mol. The number of imidazole rings is 1. The first-order chi connectivity index (χ1) is 16.5. The molecule has 1 aliphatic heterocycles. The van der Waals surface area contributed by atoms with Crippen molar-refractivity contribution in [1.82, 2.24) is 29.6 Å². The van der Waals surface area contributed by atoms with Crippen molar-refractivity contribution in [2.45, 2.75) is 25.9 Å². The zero-order valence-corrected chi connectivity index (χ0v) is 17.9. The van der Waals surface area contributed by atoms with Gasteiger partial charge in [0.25, 0.3) is 5.91 Å². The van der Waals surface area contributed by atoms with E-state index in [1.54, 1.807) is 11.2 Å². The van der Waals surface area contributed by atoms with Crippen LogP contribution in [-0.2, 0) is 6.42 Å². The summed E-state index contributed by atoms with van der Waals surface area (Å²) in [4.78, 5) is 26.9. The number of halogens is 2. The molecule has 1 atom stereocenters. The highest BCUT2D eigenvalue weighted by Crippen LogP contribution is 2.39. The number of para-hydroxylation sites is 1. The summed E-state index contributed by atoms with van der Waals surface area (Å²) >= 11 is 0. The molecule has 1 N–H and O–H groups in total. The Balaban J connectivity index is 1.39. The molecule has 0 saturated carbocycles. The third kappa shape index (κ3) is 3.11. The third-order valence-electron chi connectivity index (χ3n) is 6.06. The number of hydrogen-bond acceptors (Lipinski definition) is 6. The Morgan fingerprint density at radius 1 is 1.21 bits per heavy atom. The third-order valence-corrected chi connectivity index (χ3v) is 6.06. The Bertz CT molecular complexity index is 1510. The number of alkyl halides is 2. The number of furan rings is 1. The summed E-state index contributed by atoms with van der Waals surface area (Å²) in [6, 6.07) is 8.46. The van der Waals surface area contributed by atoms with Crippen LogP contribution in [0, 0.1) is 6.92 Å². The second kappa shape index (κ2) is 7.65. The highest BCUT2D eigenvalue weighted by molar-refractivity contribution is 5.92. The molecule has 0 radical (unpaired) electrons. The van der Waals surface area contributed by atoms with Gasteiger partial charge in [0.2, 0.25) is 11.7 Å². The number of fused-ring (bicyclic) bond motifs is 2. The number of aromatic amines is 1. The Hall–Kier alpha value is -4.28. The number of benzene rings is 1. The van der Waals surface area contributed by atoms with Crippen molar-refractivity contribution in [2.24, 2.45) is 0 Å². The molecule has 172 valence electrons. The number of hydrogen-bond donors (Lipinski definition) is 1. The molecule has 0 aliphatic carbocycles. The summed E-state index contributed by atoms with van der Waals surface area (Å²) in [5.41, 5.74) is 3.39. The van der Waals surface area contributed by atoms with Gasteiger partial charge in [0.05, 0.1) is 18.2 Å². The highest BCUT2D eigenvalue weighted by atomic mass is 19.3. The second-order valence-corrected chi connectivity index (χ2v) is 7.99. The van der Waals surface area contributed by atoms with Gasteiger partial charge in [-0.3, -0.25) is 4.79 Å². The SMILES string of the molecule is Cc1c([C@@H]2c3nc[nH]c3CCN2C(=O)c2cnc(-c3ccn(C(F)F)n3)o2)oc2ccccc12. The van der Waals surface area contributed by atoms with Gasteiger partial charge in [-0.15, -0.1) is 0 Å². The van der Waals surface area contributed by atoms with E-state index in [0.717, 1.165) is 28.4 Å². The Morgan fingerprint density at radius 2 is 2.06 bits per heavy atom. The maximum Gasteiger partial charge on any atom is 0.333 e. The van der Waals surface area contributed by atoms with Crippen LogP contribution in [0.15, 0.2) is 57.9 Å². The van der Waals surface area contributed by atoms with Gasteiger partial charge < -0.3 is 18.7 Å². The monoisotopic (exact) mass is 464 g/mol. The molecule has 1 aromatic carbocycles. The highest BCUT2D eigenvalue weighted by Gasteiger charge is 2.39. The summed E-state index contributed by atoms with van der Waals surface area (Å²) in [6.45, 7) is -0.434. The molecule has 0 saturated heterocycles. The number of amides is 1. The molecule has 4 aromatic heterocycles. The number of oxazole rings is 1. The van der Waals surface area contributed by atoms with Crippen molar-refractivity contribution in [3.63, 3.8) is 0 Å². The topological polar surface area (TPSA) is 106 Å². The maximum absolute atomic E-state index is 13.6. The molecule has 34 heavy (non-hydrogen) atoms. The van der Waals surface area contributed by atoms with Crippen LogP contribution in [0.25, 0.3) is 22.6 Å². The van der Waals surface area contributed by atoms with Crippen molar-refractivity contribution in [3.05, 3.63) is 77.5 Å². The fraction of sp³-hybridized carbons (Fsp3) is 0.217. The number of nitrogens with zero attached hydrogens (tertiary/aromatic N) is 5. The van der Waals surface area contributed by atoms with E-state index in [0.29, 0.717) is 29.1 Å². The van der Waals surface area contributed by atoms with E-state index in [9.17, 15) is 13.6 Å². The lowest BCUT2D eigenvalue weighted by Gasteiger charge is -2.33. The molecule has 0 bridgehead atoms. The van der Waals surface area contributed by atoms with E-state index in [-0.39, 0.29) is 17.3 Å². The van der Waals surface area contributed by atoms with Gasteiger partial charge in [0.15, 0.2) is 0 Å². The Kier molecular flexibility index (Phi) is 4.57. The fourth-order valence-corrected chi connectivity index (χ4v) is 4.41. The van der Waals surface area contributed by atoms with E-state index in [4.69, 9.17) is 8.83 Å². The smallest absolute Gasteiger partial charge is 0.333 e. The number of aromatic nitrogens is 5. The molecule has 1 amide bonds. The lowest BCUT2D eigenvalue weighted by atomic mass is 9.97. The number of rotatable bonds is 4. The molecule has 0 spiro atoms. The van der Waals surface area contributed by atoms with Gasteiger partial charge in [0, 0.05) is 35.8 Å². The van der Waals surface area contributed by atoms with E-state index >= 15 is 0 Å². The molecule has 0 unspecified atom stereocenters. The summed E-state index contributed by atoms with van der Waals surface area (Å²) in [5.74, 6) is 0.166. The van der Waals surface area contributed by atoms with Crippen molar-refractivity contribution in [1.29, 1.82) is 0 Å². The molecule has 5 aromatic rings. The van der Waals surface area contributed by atoms with Crippen LogP contribution < -0.4 is 0 Å². The largest absolute Gasteiger partial charge is 0.458 e.